The second kappa shape index (κ2) is 7.52. The Morgan fingerprint density at radius 3 is 2.62 bits per heavy atom. The Morgan fingerprint density at radius 1 is 1.31 bits per heavy atom. The zero-order valence-corrected chi connectivity index (χ0v) is 11.8. The lowest BCUT2D eigenvalue weighted by Gasteiger charge is -2.39. The molecule has 0 saturated carbocycles. The molecule has 0 aromatic heterocycles. The van der Waals surface area contributed by atoms with E-state index in [4.69, 9.17) is 11.6 Å². The summed E-state index contributed by atoms with van der Waals surface area (Å²) in [6, 6.07) is 0.724. The van der Waals surface area contributed by atoms with E-state index < -0.39 is 0 Å². The molecule has 1 aliphatic heterocycles. The molecule has 2 nitrogen and oxygen atoms in total. The molecule has 1 aliphatic rings. The predicted octanol–water partition coefficient (Wildman–Crippen LogP) is 2.67. The molecule has 0 aromatic carbocycles. The molecule has 0 bridgehead atoms. The minimum Gasteiger partial charge on any atom is -0.301 e. The molecule has 16 heavy (non-hydrogen) atoms. The van der Waals surface area contributed by atoms with Crippen molar-refractivity contribution >= 4 is 11.6 Å². The van der Waals surface area contributed by atoms with E-state index in [2.05, 4.69) is 30.6 Å². The minimum atomic E-state index is 0.724. The van der Waals surface area contributed by atoms with Crippen molar-refractivity contribution < 1.29 is 0 Å². The van der Waals surface area contributed by atoms with E-state index in [9.17, 15) is 0 Å². The number of piperazine rings is 1. The monoisotopic (exact) mass is 246 g/mol. The third-order valence-electron chi connectivity index (χ3n) is 3.80. The maximum atomic E-state index is 5.76. The summed E-state index contributed by atoms with van der Waals surface area (Å²) in [6.07, 6.45) is 2.46. The Balaban J connectivity index is 2.19. The minimum absolute atomic E-state index is 0.724. The molecule has 1 heterocycles. The van der Waals surface area contributed by atoms with E-state index in [1.807, 2.05) is 0 Å². The molecular weight excluding hydrogens is 220 g/mol. The molecule has 0 radical (unpaired) electrons. The molecule has 2 atom stereocenters. The Bertz CT molecular complexity index is 187. The summed E-state index contributed by atoms with van der Waals surface area (Å²) in [6.45, 7) is 13.1. The van der Waals surface area contributed by atoms with E-state index in [0.717, 1.165) is 24.3 Å². The molecule has 0 spiro atoms. The predicted molar refractivity (Wildman–Crippen MR) is 72.3 cm³/mol. The number of rotatable bonds is 6. The van der Waals surface area contributed by atoms with E-state index in [-0.39, 0.29) is 0 Å². The molecule has 96 valence electrons. The smallest absolute Gasteiger partial charge is 0.0225 e. The number of alkyl halides is 1. The van der Waals surface area contributed by atoms with Crippen molar-refractivity contribution in [2.75, 3.05) is 38.6 Å². The molecule has 1 rings (SSSR count). The maximum Gasteiger partial charge on any atom is 0.0225 e. The van der Waals surface area contributed by atoms with Crippen LogP contribution in [0.5, 0.6) is 0 Å². The highest BCUT2D eigenvalue weighted by Crippen LogP contribution is 2.13. The molecule has 1 saturated heterocycles. The summed E-state index contributed by atoms with van der Waals surface area (Å²) < 4.78 is 0. The van der Waals surface area contributed by atoms with Gasteiger partial charge in [0, 0.05) is 31.6 Å². The van der Waals surface area contributed by atoms with Gasteiger partial charge in [-0.1, -0.05) is 13.8 Å². The van der Waals surface area contributed by atoms with Crippen LogP contribution in [0, 0.1) is 5.92 Å². The van der Waals surface area contributed by atoms with Gasteiger partial charge in [0.25, 0.3) is 0 Å². The van der Waals surface area contributed by atoms with E-state index in [1.165, 1.54) is 39.1 Å². The van der Waals surface area contributed by atoms with Gasteiger partial charge >= 0.3 is 0 Å². The molecule has 1 fully saturated rings. The number of hydrogen-bond acceptors (Lipinski definition) is 2. The van der Waals surface area contributed by atoms with Crippen LogP contribution in [0.25, 0.3) is 0 Å². The van der Waals surface area contributed by atoms with Crippen molar-refractivity contribution in [2.45, 2.75) is 39.7 Å². The van der Waals surface area contributed by atoms with Gasteiger partial charge in [-0.25, -0.2) is 0 Å². The van der Waals surface area contributed by atoms with Gasteiger partial charge < -0.3 is 4.90 Å². The summed E-state index contributed by atoms with van der Waals surface area (Å²) in [5.41, 5.74) is 0. The number of hydrogen-bond donors (Lipinski definition) is 0. The first kappa shape index (κ1) is 14.3. The third-order valence-corrected chi connectivity index (χ3v) is 4.01. The lowest BCUT2D eigenvalue weighted by Crippen LogP contribution is -2.51. The fraction of sp³-hybridized carbons (Fsp3) is 1.00. The second-order valence-corrected chi connectivity index (χ2v) is 5.53. The second-order valence-electron chi connectivity index (χ2n) is 5.15. The van der Waals surface area contributed by atoms with Crippen LogP contribution < -0.4 is 0 Å². The maximum absolute atomic E-state index is 5.76. The molecule has 0 amide bonds. The van der Waals surface area contributed by atoms with Gasteiger partial charge in [0.15, 0.2) is 0 Å². The fourth-order valence-corrected chi connectivity index (χ4v) is 2.85. The first-order chi connectivity index (χ1) is 7.67. The average molecular weight is 247 g/mol. The fourth-order valence-electron chi connectivity index (χ4n) is 2.48. The molecule has 3 heteroatoms. The SMILES string of the molecule is CCN1CCN(CCC(C)CCCl)CC1C. The van der Waals surface area contributed by atoms with Crippen molar-refractivity contribution in [1.29, 1.82) is 0 Å². The normalized spacial score (nSPS) is 25.9. The van der Waals surface area contributed by atoms with Gasteiger partial charge in [0.1, 0.15) is 0 Å². The summed E-state index contributed by atoms with van der Waals surface area (Å²) in [4.78, 5) is 5.18. The van der Waals surface area contributed by atoms with Gasteiger partial charge in [0.2, 0.25) is 0 Å². The zero-order chi connectivity index (χ0) is 12.0. The van der Waals surface area contributed by atoms with Gasteiger partial charge in [-0.2, -0.15) is 0 Å². The summed E-state index contributed by atoms with van der Waals surface area (Å²) in [7, 11) is 0. The van der Waals surface area contributed by atoms with Gasteiger partial charge in [-0.05, 0) is 38.8 Å². The van der Waals surface area contributed by atoms with E-state index in [1.54, 1.807) is 0 Å². The Labute approximate surface area is 106 Å². The van der Waals surface area contributed by atoms with Crippen LogP contribution in [0.3, 0.4) is 0 Å². The molecule has 0 aromatic rings. The van der Waals surface area contributed by atoms with Gasteiger partial charge in [-0.15, -0.1) is 11.6 Å². The molecular formula is C13H27ClN2. The molecule has 0 N–H and O–H groups in total. The van der Waals surface area contributed by atoms with Crippen molar-refractivity contribution in [1.82, 2.24) is 9.80 Å². The Morgan fingerprint density at radius 2 is 2.06 bits per heavy atom. The zero-order valence-electron chi connectivity index (χ0n) is 11.1. The van der Waals surface area contributed by atoms with Crippen LogP contribution in [0.1, 0.15) is 33.6 Å². The topological polar surface area (TPSA) is 6.48 Å². The van der Waals surface area contributed by atoms with Crippen molar-refractivity contribution in [2.24, 2.45) is 5.92 Å². The molecule has 0 aliphatic carbocycles. The standard InChI is InChI=1S/C13H27ClN2/c1-4-16-10-9-15(11-13(16)3)8-6-12(2)5-7-14/h12-13H,4-11H2,1-3H3. The van der Waals surface area contributed by atoms with Crippen LogP contribution in [-0.4, -0.2) is 54.4 Å². The first-order valence-electron chi connectivity index (χ1n) is 6.69. The average Bonchev–Trinajstić information content (AvgIpc) is 2.27. The van der Waals surface area contributed by atoms with Crippen molar-refractivity contribution in [3.05, 3.63) is 0 Å². The quantitative estimate of drug-likeness (QED) is 0.665. The lowest BCUT2D eigenvalue weighted by molar-refractivity contribution is 0.0845. The van der Waals surface area contributed by atoms with Crippen LogP contribution in [0.15, 0.2) is 0 Å². The third kappa shape index (κ3) is 4.60. The van der Waals surface area contributed by atoms with E-state index >= 15 is 0 Å². The Kier molecular flexibility index (Phi) is 6.71. The van der Waals surface area contributed by atoms with Crippen LogP contribution in [0.2, 0.25) is 0 Å². The lowest BCUT2D eigenvalue weighted by atomic mass is 10.0. The van der Waals surface area contributed by atoms with Crippen molar-refractivity contribution in [3.8, 4) is 0 Å². The number of halogens is 1. The summed E-state index contributed by atoms with van der Waals surface area (Å²) in [5, 5.41) is 0. The highest BCUT2D eigenvalue weighted by molar-refractivity contribution is 6.17. The number of likely N-dealkylation sites (N-methyl/N-ethyl adjacent to an activating group) is 1. The van der Waals surface area contributed by atoms with E-state index in [0.29, 0.717) is 0 Å². The van der Waals surface area contributed by atoms with Crippen LogP contribution >= 0.6 is 11.6 Å². The number of nitrogens with zero attached hydrogens (tertiary/aromatic N) is 2. The van der Waals surface area contributed by atoms with Crippen LogP contribution in [-0.2, 0) is 0 Å². The summed E-state index contributed by atoms with van der Waals surface area (Å²) >= 11 is 5.76. The Hall–Kier alpha value is 0.210. The van der Waals surface area contributed by atoms with Crippen molar-refractivity contribution in [3.63, 3.8) is 0 Å². The first-order valence-corrected chi connectivity index (χ1v) is 7.23. The summed E-state index contributed by atoms with van der Waals surface area (Å²) in [5.74, 6) is 1.58. The highest BCUT2D eigenvalue weighted by atomic mass is 35.5. The molecule has 2 unspecified atom stereocenters. The van der Waals surface area contributed by atoms with Crippen LogP contribution in [0.4, 0.5) is 0 Å². The van der Waals surface area contributed by atoms with Gasteiger partial charge in [0.05, 0.1) is 0 Å². The largest absolute Gasteiger partial charge is 0.301 e. The van der Waals surface area contributed by atoms with Gasteiger partial charge in [-0.3, -0.25) is 4.90 Å². The highest BCUT2D eigenvalue weighted by Gasteiger charge is 2.21.